The van der Waals surface area contributed by atoms with Gasteiger partial charge in [-0.15, -0.1) is 6.42 Å². The fourth-order valence-corrected chi connectivity index (χ4v) is 1.76. The van der Waals surface area contributed by atoms with Gasteiger partial charge in [-0.3, -0.25) is 0 Å². The normalized spacial score (nSPS) is 22.5. The first-order chi connectivity index (χ1) is 7.81. The Morgan fingerprint density at radius 2 is 2.25 bits per heavy atom. The van der Waals surface area contributed by atoms with Crippen molar-refractivity contribution in [3.05, 3.63) is 29.8 Å². The average molecular weight is 215 g/mol. The number of nitrogens with one attached hydrogen (secondary N) is 1. The van der Waals surface area contributed by atoms with Gasteiger partial charge in [-0.05, 0) is 18.4 Å². The first-order valence-corrected chi connectivity index (χ1v) is 5.69. The standard InChI is InChI=1S/C14H17NO/c1-3-8-16-14-7-5-4-6-12(14)10-15-13-9-11(13)2/h1,4-7,11,13,15H,8-10H2,2H3. The molecule has 2 heteroatoms. The predicted molar refractivity (Wildman–Crippen MR) is 65.2 cm³/mol. The molecule has 1 fully saturated rings. The van der Waals surface area contributed by atoms with Crippen LogP contribution in [0.3, 0.4) is 0 Å². The molecule has 84 valence electrons. The summed E-state index contributed by atoms with van der Waals surface area (Å²) < 4.78 is 5.49. The van der Waals surface area contributed by atoms with E-state index in [0.717, 1.165) is 18.2 Å². The zero-order valence-corrected chi connectivity index (χ0v) is 9.57. The van der Waals surface area contributed by atoms with E-state index >= 15 is 0 Å². The van der Waals surface area contributed by atoms with Crippen molar-refractivity contribution < 1.29 is 4.74 Å². The molecule has 0 saturated heterocycles. The highest BCUT2D eigenvalue weighted by Gasteiger charge is 2.31. The molecule has 1 N–H and O–H groups in total. The van der Waals surface area contributed by atoms with E-state index in [-0.39, 0.29) is 0 Å². The van der Waals surface area contributed by atoms with E-state index < -0.39 is 0 Å². The summed E-state index contributed by atoms with van der Waals surface area (Å²) in [7, 11) is 0. The Balaban J connectivity index is 1.93. The zero-order chi connectivity index (χ0) is 11.4. The second kappa shape index (κ2) is 5.05. The lowest BCUT2D eigenvalue weighted by atomic mass is 10.2. The van der Waals surface area contributed by atoms with Gasteiger partial charge in [0.15, 0.2) is 0 Å². The molecule has 0 aliphatic heterocycles. The lowest BCUT2D eigenvalue weighted by Crippen LogP contribution is -2.17. The molecule has 2 rings (SSSR count). The van der Waals surface area contributed by atoms with Crippen molar-refractivity contribution in [3.8, 4) is 18.1 Å². The molecule has 0 radical (unpaired) electrons. The SMILES string of the molecule is C#CCOc1ccccc1CNC1CC1C. The summed E-state index contributed by atoms with van der Waals surface area (Å²) in [6.07, 6.45) is 6.47. The van der Waals surface area contributed by atoms with Crippen LogP contribution in [0.4, 0.5) is 0 Å². The number of benzene rings is 1. The molecule has 1 aliphatic rings. The van der Waals surface area contributed by atoms with Gasteiger partial charge in [-0.2, -0.15) is 0 Å². The fraction of sp³-hybridized carbons (Fsp3) is 0.429. The Hall–Kier alpha value is -1.46. The molecule has 0 aromatic heterocycles. The molecule has 1 aromatic carbocycles. The Morgan fingerprint density at radius 1 is 1.50 bits per heavy atom. The summed E-state index contributed by atoms with van der Waals surface area (Å²) in [5.74, 6) is 4.19. The van der Waals surface area contributed by atoms with Gasteiger partial charge in [0.2, 0.25) is 0 Å². The zero-order valence-electron chi connectivity index (χ0n) is 9.57. The van der Waals surface area contributed by atoms with E-state index in [1.807, 2.05) is 18.2 Å². The minimum atomic E-state index is 0.330. The van der Waals surface area contributed by atoms with Gasteiger partial charge in [0.1, 0.15) is 12.4 Å². The molecule has 16 heavy (non-hydrogen) atoms. The summed E-state index contributed by atoms with van der Waals surface area (Å²) in [5.41, 5.74) is 1.18. The van der Waals surface area contributed by atoms with Crippen LogP contribution in [0, 0.1) is 18.3 Å². The number of hydrogen-bond acceptors (Lipinski definition) is 2. The second-order valence-electron chi connectivity index (χ2n) is 4.30. The first-order valence-electron chi connectivity index (χ1n) is 5.69. The third-order valence-electron chi connectivity index (χ3n) is 2.95. The molecule has 1 aliphatic carbocycles. The molecule has 1 saturated carbocycles. The Morgan fingerprint density at radius 3 is 2.94 bits per heavy atom. The number of ether oxygens (including phenoxy) is 1. The van der Waals surface area contributed by atoms with Crippen LogP contribution >= 0.6 is 0 Å². The molecule has 2 nitrogen and oxygen atoms in total. The van der Waals surface area contributed by atoms with Crippen LogP contribution in [0.1, 0.15) is 18.9 Å². The van der Waals surface area contributed by atoms with Crippen molar-refractivity contribution in [3.63, 3.8) is 0 Å². The minimum absolute atomic E-state index is 0.330. The molecular weight excluding hydrogens is 198 g/mol. The van der Waals surface area contributed by atoms with Crippen molar-refractivity contribution in [1.29, 1.82) is 0 Å². The maximum atomic E-state index is 5.49. The molecule has 0 amide bonds. The highest BCUT2D eigenvalue weighted by Crippen LogP contribution is 2.29. The second-order valence-corrected chi connectivity index (χ2v) is 4.30. The van der Waals surface area contributed by atoms with Crippen LogP contribution in [0.2, 0.25) is 0 Å². The summed E-state index contributed by atoms with van der Waals surface area (Å²) in [6, 6.07) is 8.71. The molecule has 0 heterocycles. The molecule has 2 unspecified atom stereocenters. The summed E-state index contributed by atoms with van der Waals surface area (Å²) in [4.78, 5) is 0. The smallest absolute Gasteiger partial charge is 0.148 e. The molecular formula is C14H17NO. The maximum Gasteiger partial charge on any atom is 0.148 e. The van der Waals surface area contributed by atoms with E-state index in [9.17, 15) is 0 Å². The van der Waals surface area contributed by atoms with Crippen LogP contribution in [0.5, 0.6) is 5.75 Å². The van der Waals surface area contributed by atoms with E-state index in [1.165, 1.54) is 12.0 Å². The van der Waals surface area contributed by atoms with Crippen molar-refractivity contribution in [1.82, 2.24) is 5.32 Å². The number of hydrogen-bond donors (Lipinski definition) is 1. The van der Waals surface area contributed by atoms with Crippen LogP contribution in [-0.4, -0.2) is 12.6 Å². The van der Waals surface area contributed by atoms with Gasteiger partial charge in [0.25, 0.3) is 0 Å². The lowest BCUT2D eigenvalue weighted by Gasteiger charge is -2.10. The van der Waals surface area contributed by atoms with E-state index in [2.05, 4.69) is 24.2 Å². The number of rotatable bonds is 5. The average Bonchev–Trinajstić information content (AvgIpc) is 3.01. The topological polar surface area (TPSA) is 21.3 Å². The van der Waals surface area contributed by atoms with Gasteiger partial charge in [-0.25, -0.2) is 0 Å². The Kier molecular flexibility index (Phi) is 3.48. The maximum absolute atomic E-state index is 5.49. The monoisotopic (exact) mass is 215 g/mol. The van der Waals surface area contributed by atoms with Crippen LogP contribution in [-0.2, 0) is 6.54 Å². The summed E-state index contributed by atoms with van der Waals surface area (Å²) in [5, 5.41) is 3.51. The van der Waals surface area contributed by atoms with Crippen LogP contribution in [0.15, 0.2) is 24.3 Å². The van der Waals surface area contributed by atoms with Crippen molar-refractivity contribution in [2.75, 3.05) is 6.61 Å². The predicted octanol–water partition coefficient (Wildman–Crippen LogP) is 2.20. The van der Waals surface area contributed by atoms with Crippen molar-refractivity contribution in [2.24, 2.45) is 5.92 Å². The molecule has 1 aromatic rings. The van der Waals surface area contributed by atoms with Crippen molar-refractivity contribution in [2.45, 2.75) is 25.9 Å². The summed E-state index contributed by atoms with van der Waals surface area (Å²) in [6.45, 7) is 3.45. The van der Waals surface area contributed by atoms with Gasteiger partial charge < -0.3 is 10.1 Å². The highest BCUT2D eigenvalue weighted by atomic mass is 16.5. The molecule has 0 bridgehead atoms. The Bertz CT molecular complexity index is 394. The summed E-state index contributed by atoms with van der Waals surface area (Å²) >= 11 is 0. The van der Waals surface area contributed by atoms with Crippen molar-refractivity contribution >= 4 is 0 Å². The van der Waals surface area contributed by atoms with E-state index in [0.29, 0.717) is 12.6 Å². The molecule has 0 spiro atoms. The number of terminal acetylenes is 1. The van der Waals surface area contributed by atoms with Gasteiger partial charge in [-0.1, -0.05) is 31.0 Å². The molecule has 2 atom stereocenters. The third-order valence-corrected chi connectivity index (χ3v) is 2.95. The van der Waals surface area contributed by atoms with E-state index in [1.54, 1.807) is 0 Å². The van der Waals surface area contributed by atoms with Crippen LogP contribution in [0.25, 0.3) is 0 Å². The minimum Gasteiger partial charge on any atom is -0.481 e. The lowest BCUT2D eigenvalue weighted by molar-refractivity contribution is 0.364. The quantitative estimate of drug-likeness (QED) is 0.760. The van der Waals surface area contributed by atoms with E-state index in [4.69, 9.17) is 11.2 Å². The Labute approximate surface area is 97.0 Å². The van der Waals surface area contributed by atoms with Crippen LogP contribution < -0.4 is 10.1 Å². The van der Waals surface area contributed by atoms with Gasteiger partial charge >= 0.3 is 0 Å². The fourth-order valence-electron chi connectivity index (χ4n) is 1.76. The third kappa shape index (κ3) is 2.77. The number of para-hydroxylation sites is 1. The first kappa shape index (κ1) is 11.0. The largest absolute Gasteiger partial charge is 0.481 e. The van der Waals surface area contributed by atoms with Gasteiger partial charge in [0.05, 0.1) is 0 Å². The highest BCUT2D eigenvalue weighted by molar-refractivity contribution is 5.33. The van der Waals surface area contributed by atoms with Gasteiger partial charge in [0, 0.05) is 18.2 Å².